The highest BCUT2D eigenvalue weighted by Crippen LogP contribution is 2.30. The molecule has 1 aliphatic rings. The Morgan fingerprint density at radius 1 is 0.857 bits per heavy atom. The van der Waals surface area contributed by atoms with Crippen molar-refractivity contribution in [3.8, 4) is 5.75 Å². The van der Waals surface area contributed by atoms with E-state index in [1.165, 1.54) is 6.07 Å². The highest BCUT2D eigenvalue weighted by atomic mass is 35.5. The van der Waals surface area contributed by atoms with E-state index in [1.54, 1.807) is 37.3 Å². The molecule has 0 atom stereocenters. The summed E-state index contributed by atoms with van der Waals surface area (Å²) in [7, 11) is 0. The fraction of sp³-hybridized carbons (Fsp3) is 0.400. The molecule has 0 bridgehead atoms. The third-order valence-electron chi connectivity index (χ3n) is 5.66. The average Bonchev–Trinajstić information content (AvgIpc) is 2.84. The van der Waals surface area contributed by atoms with Crippen LogP contribution in [0.2, 0.25) is 15.1 Å². The molecule has 2 amide bonds. The average molecular weight is 542 g/mol. The lowest BCUT2D eigenvalue weighted by Crippen LogP contribution is -2.34. The molecule has 1 fully saturated rings. The maximum Gasteiger partial charge on any atom is 0.308 e. The van der Waals surface area contributed by atoms with Crippen molar-refractivity contribution >= 4 is 52.6 Å². The van der Waals surface area contributed by atoms with Gasteiger partial charge in [-0.1, -0.05) is 34.8 Å². The van der Waals surface area contributed by atoms with E-state index in [-0.39, 0.29) is 47.9 Å². The lowest BCUT2D eigenvalue weighted by molar-refractivity contribution is -0.149. The van der Waals surface area contributed by atoms with Gasteiger partial charge in [0.05, 0.1) is 39.3 Å². The predicted molar refractivity (Wildman–Crippen MR) is 136 cm³/mol. The number of amides is 2. The topological polar surface area (TPSA) is 93.7 Å². The Balaban J connectivity index is 1.43. The third kappa shape index (κ3) is 7.75. The van der Waals surface area contributed by atoms with Crippen molar-refractivity contribution < 1.29 is 23.9 Å². The molecule has 2 aromatic rings. The van der Waals surface area contributed by atoms with E-state index in [9.17, 15) is 14.4 Å². The number of hydrogen-bond acceptors (Lipinski definition) is 5. The summed E-state index contributed by atoms with van der Waals surface area (Å²) < 4.78 is 11.1. The van der Waals surface area contributed by atoms with E-state index in [0.717, 1.165) is 25.7 Å². The number of halogens is 3. The fourth-order valence-electron chi connectivity index (χ4n) is 3.81. The quantitative estimate of drug-likeness (QED) is 0.332. The Kier molecular flexibility index (Phi) is 10.1. The molecule has 0 heterocycles. The molecule has 0 spiro atoms. The van der Waals surface area contributed by atoms with Crippen LogP contribution in [0.3, 0.4) is 0 Å². The maximum atomic E-state index is 12.5. The van der Waals surface area contributed by atoms with Crippen LogP contribution in [0.5, 0.6) is 5.75 Å². The molecule has 1 saturated carbocycles. The molecular weight excluding hydrogens is 515 g/mol. The van der Waals surface area contributed by atoms with Gasteiger partial charge in [-0.15, -0.1) is 0 Å². The van der Waals surface area contributed by atoms with Gasteiger partial charge in [0.15, 0.2) is 0 Å². The summed E-state index contributed by atoms with van der Waals surface area (Å²) in [6.07, 6.45) is 2.92. The molecule has 1 aliphatic carbocycles. The summed E-state index contributed by atoms with van der Waals surface area (Å²) in [5.41, 5.74) is 0.680. The number of hydrogen-bond donors (Lipinski definition) is 2. The van der Waals surface area contributed by atoms with Crippen LogP contribution in [0.4, 0.5) is 0 Å². The highest BCUT2D eigenvalue weighted by molar-refractivity contribution is 6.42. The van der Waals surface area contributed by atoms with Gasteiger partial charge in [-0.3, -0.25) is 14.4 Å². The van der Waals surface area contributed by atoms with E-state index in [0.29, 0.717) is 33.5 Å². The summed E-state index contributed by atoms with van der Waals surface area (Å²) in [5.74, 6) is -0.328. The first-order valence-corrected chi connectivity index (χ1v) is 12.6. The fourth-order valence-corrected chi connectivity index (χ4v) is 4.36. The first-order chi connectivity index (χ1) is 16.8. The van der Waals surface area contributed by atoms with Crippen LogP contribution in [0.1, 0.15) is 53.3 Å². The summed E-state index contributed by atoms with van der Waals surface area (Å²) in [6.45, 7) is 2.63. The maximum absolute atomic E-state index is 12.5. The molecule has 2 N–H and O–H groups in total. The monoisotopic (exact) mass is 540 g/mol. The van der Waals surface area contributed by atoms with Gasteiger partial charge >= 0.3 is 5.97 Å². The molecule has 2 aromatic carbocycles. The van der Waals surface area contributed by atoms with Crippen molar-refractivity contribution in [1.29, 1.82) is 0 Å². The van der Waals surface area contributed by atoms with Gasteiger partial charge in [0, 0.05) is 18.7 Å². The second-order valence-electron chi connectivity index (χ2n) is 8.13. The minimum Gasteiger partial charge on any atom is -0.490 e. The van der Waals surface area contributed by atoms with Crippen LogP contribution in [0, 0.1) is 5.92 Å². The van der Waals surface area contributed by atoms with Gasteiger partial charge in [0.25, 0.3) is 11.8 Å². The molecule has 3 rings (SSSR count). The Hall–Kier alpha value is -2.48. The molecule has 0 unspecified atom stereocenters. The molecule has 7 nitrogen and oxygen atoms in total. The second-order valence-corrected chi connectivity index (χ2v) is 9.35. The Morgan fingerprint density at radius 2 is 1.54 bits per heavy atom. The van der Waals surface area contributed by atoms with Crippen molar-refractivity contribution in [2.24, 2.45) is 5.92 Å². The van der Waals surface area contributed by atoms with Gasteiger partial charge in [0.1, 0.15) is 5.75 Å². The van der Waals surface area contributed by atoms with Crippen molar-refractivity contribution in [1.82, 2.24) is 10.6 Å². The highest BCUT2D eigenvalue weighted by Gasteiger charge is 2.28. The minimum absolute atomic E-state index is 0.0180. The van der Waals surface area contributed by atoms with Crippen LogP contribution in [0.25, 0.3) is 0 Å². The van der Waals surface area contributed by atoms with E-state index in [4.69, 9.17) is 44.3 Å². The zero-order valence-corrected chi connectivity index (χ0v) is 21.5. The van der Waals surface area contributed by atoms with Gasteiger partial charge in [0.2, 0.25) is 0 Å². The number of rotatable bonds is 9. The zero-order valence-electron chi connectivity index (χ0n) is 19.2. The van der Waals surface area contributed by atoms with Crippen LogP contribution in [0.15, 0.2) is 36.4 Å². The molecular formula is C25H27Cl3N2O5. The Morgan fingerprint density at radius 3 is 2.17 bits per heavy atom. The third-order valence-corrected chi connectivity index (χ3v) is 6.71. The van der Waals surface area contributed by atoms with Gasteiger partial charge in [-0.2, -0.15) is 0 Å². The Labute approximate surface area is 219 Å². The lowest BCUT2D eigenvalue weighted by atomic mass is 9.87. The Bertz CT molecular complexity index is 1070. The number of ether oxygens (including phenoxy) is 2. The van der Waals surface area contributed by atoms with Crippen molar-refractivity contribution in [3.63, 3.8) is 0 Å². The largest absolute Gasteiger partial charge is 0.490 e. The van der Waals surface area contributed by atoms with Gasteiger partial charge < -0.3 is 20.1 Å². The molecule has 188 valence electrons. The van der Waals surface area contributed by atoms with E-state index < -0.39 is 0 Å². The first-order valence-electron chi connectivity index (χ1n) is 11.4. The number of carbonyl (C=O) groups is 3. The number of carbonyl (C=O) groups excluding carboxylic acids is 3. The smallest absolute Gasteiger partial charge is 0.308 e. The van der Waals surface area contributed by atoms with Gasteiger partial charge in [-0.05, 0) is 69.0 Å². The SMILES string of the molecule is CCOC(=O)C1CCC(Oc2ccc(C(=O)NCCNC(=O)c3ccc(Cl)c(Cl)c3)c(Cl)c2)CC1. The van der Waals surface area contributed by atoms with Crippen LogP contribution >= 0.6 is 34.8 Å². The molecule has 35 heavy (non-hydrogen) atoms. The molecule has 0 aromatic heterocycles. The molecule has 0 saturated heterocycles. The number of esters is 1. The van der Waals surface area contributed by atoms with E-state index in [2.05, 4.69) is 10.6 Å². The van der Waals surface area contributed by atoms with Crippen molar-refractivity contribution in [2.45, 2.75) is 38.7 Å². The van der Waals surface area contributed by atoms with Crippen molar-refractivity contribution in [3.05, 3.63) is 62.6 Å². The molecule has 0 aliphatic heterocycles. The van der Waals surface area contributed by atoms with E-state index in [1.807, 2.05) is 0 Å². The zero-order chi connectivity index (χ0) is 25.4. The summed E-state index contributed by atoms with van der Waals surface area (Å²) in [4.78, 5) is 36.5. The molecule has 10 heteroatoms. The van der Waals surface area contributed by atoms with Gasteiger partial charge in [-0.25, -0.2) is 0 Å². The predicted octanol–water partition coefficient (Wildman–Crippen LogP) is 5.31. The minimum atomic E-state index is -0.361. The second kappa shape index (κ2) is 13.0. The van der Waals surface area contributed by atoms with Crippen LogP contribution in [-0.4, -0.2) is 43.6 Å². The normalized spacial score (nSPS) is 17.4. The van der Waals surface area contributed by atoms with Crippen LogP contribution in [-0.2, 0) is 9.53 Å². The first kappa shape index (κ1) is 27.1. The lowest BCUT2D eigenvalue weighted by Gasteiger charge is -2.27. The summed E-state index contributed by atoms with van der Waals surface area (Å²) in [6, 6.07) is 9.50. The summed E-state index contributed by atoms with van der Waals surface area (Å²) in [5, 5.41) is 6.35. The molecule has 0 radical (unpaired) electrons. The van der Waals surface area contributed by atoms with E-state index >= 15 is 0 Å². The number of nitrogens with one attached hydrogen (secondary N) is 2. The van der Waals surface area contributed by atoms with Crippen molar-refractivity contribution in [2.75, 3.05) is 19.7 Å². The van der Waals surface area contributed by atoms with Crippen LogP contribution < -0.4 is 15.4 Å². The summed E-state index contributed by atoms with van der Waals surface area (Å²) >= 11 is 18.1. The standard InChI is InChI=1S/C25H27Cl3N2O5/c1-2-34-25(33)15-3-6-17(7-4-15)35-18-8-9-19(21(27)14-18)24(32)30-12-11-29-23(31)16-5-10-20(26)22(28)13-16/h5,8-10,13-15,17H,2-4,6-7,11-12H2,1H3,(H,29,31)(H,30,32). The number of benzene rings is 2.